The first kappa shape index (κ1) is 13.8. The van der Waals surface area contributed by atoms with Gasteiger partial charge in [0.05, 0.1) is 5.56 Å². The predicted molar refractivity (Wildman–Crippen MR) is 54.7 cm³/mol. The number of aliphatic hydroxyl groups is 1. The minimum Gasteiger partial charge on any atom is -0.507 e. The Labute approximate surface area is 99.0 Å². The van der Waals surface area contributed by atoms with Crippen LogP contribution in [0.25, 0.3) is 5.76 Å². The lowest BCUT2D eigenvalue weighted by molar-refractivity contribution is -0.146. The summed E-state index contributed by atoms with van der Waals surface area (Å²) in [5.41, 5.74) is -0.999. The maximum Gasteiger partial charge on any atom is 0.416 e. The van der Waals surface area contributed by atoms with Crippen LogP contribution in [-0.4, -0.2) is 22.0 Å². The highest BCUT2D eigenvalue weighted by Crippen LogP contribution is 2.29. The Morgan fingerprint density at radius 2 is 1.56 bits per heavy atom. The number of aliphatic hydroxyl groups excluding tert-OH is 1. The Hall–Kier alpha value is -2.31. The van der Waals surface area contributed by atoms with E-state index in [9.17, 15) is 27.9 Å². The number of carbonyl (C=O) groups is 2. The van der Waals surface area contributed by atoms with Crippen molar-refractivity contribution in [2.45, 2.75) is 6.18 Å². The first-order valence-electron chi connectivity index (χ1n) is 4.57. The Morgan fingerprint density at radius 3 is 1.94 bits per heavy atom. The lowest BCUT2D eigenvalue weighted by atomic mass is 10.1. The zero-order valence-corrected chi connectivity index (χ0v) is 8.73. The van der Waals surface area contributed by atoms with Crippen LogP contribution in [0.2, 0.25) is 0 Å². The van der Waals surface area contributed by atoms with Gasteiger partial charge in [-0.25, -0.2) is 4.79 Å². The molecule has 2 N–H and O–H groups in total. The van der Waals surface area contributed by atoms with Gasteiger partial charge in [-0.05, 0) is 12.1 Å². The van der Waals surface area contributed by atoms with Crippen molar-refractivity contribution in [2.75, 3.05) is 0 Å². The first-order chi connectivity index (χ1) is 8.21. The van der Waals surface area contributed by atoms with Gasteiger partial charge in [0.25, 0.3) is 5.78 Å². The van der Waals surface area contributed by atoms with Crippen molar-refractivity contribution in [3.63, 3.8) is 0 Å². The molecule has 0 aliphatic heterocycles. The van der Waals surface area contributed by atoms with E-state index in [1.54, 1.807) is 0 Å². The van der Waals surface area contributed by atoms with Gasteiger partial charge in [0.15, 0.2) is 0 Å². The lowest BCUT2D eigenvalue weighted by Gasteiger charge is -2.07. The van der Waals surface area contributed by atoms with Crippen LogP contribution in [-0.2, 0) is 15.8 Å². The van der Waals surface area contributed by atoms with Crippen molar-refractivity contribution in [3.8, 4) is 0 Å². The van der Waals surface area contributed by atoms with E-state index in [1.807, 2.05) is 0 Å². The molecule has 1 aromatic rings. The number of alkyl halides is 3. The topological polar surface area (TPSA) is 74.6 Å². The number of halogens is 3. The summed E-state index contributed by atoms with van der Waals surface area (Å²) in [4.78, 5) is 20.9. The normalized spacial score (nSPS) is 12.3. The minimum atomic E-state index is -4.51. The van der Waals surface area contributed by atoms with Gasteiger partial charge >= 0.3 is 12.1 Å². The molecule has 0 aliphatic carbocycles. The van der Waals surface area contributed by atoms with E-state index < -0.39 is 29.3 Å². The molecule has 1 rings (SSSR count). The van der Waals surface area contributed by atoms with Gasteiger partial charge in [-0.2, -0.15) is 13.2 Å². The molecule has 0 aliphatic rings. The molecule has 1 aromatic carbocycles. The van der Waals surface area contributed by atoms with E-state index in [4.69, 9.17) is 5.11 Å². The smallest absolute Gasteiger partial charge is 0.416 e. The van der Waals surface area contributed by atoms with Crippen LogP contribution in [0.4, 0.5) is 13.2 Å². The van der Waals surface area contributed by atoms with Gasteiger partial charge < -0.3 is 10.2 Å². The van der Waals surface area contributed by atoms with Crippen LogP contribution in [0.15, 0.2) is 30.3 Å². The maximum absolute atomic E-state index is 12.2. The first-order valence-corrected chi connectivity index (χ1v) is 4.57. The summed E-state index contributed by atoms with van der Waals surface area (Å²) in [7, 11) is 0. The number of carbonyl (C=O) groups excluding carboxylic acids is 1. The number of benzene rings is 1. The second-order valence-electron chi connectivity index (χ2n) is 3.27. The van der Waals surface area contributed by atoms with Gasteiger partial charge in [0.1, 0.15) is 5.76 Å². The number of hydrogen-bond donors (Lipinski definition) is 2. The third kappa shape index (κ3) is 3.34. The predicted octanol–water partition coefficient (Wildman–Crippen LogP) is 2.26. The van der Waals surface area contributed by atoms with Crippen LogP contribution in [0.3, 0.4) is 0 Å². The van der Waals surface area contributed by atoms with Gasteiger partial charge in [-0.15, -0.1) is 0 Å². The van der Waals surface area contributed by atoms with Gasteiger partial charge in [-0.3, -0.25) is 4.79 Å². The Balaban J connectivity index is 2.99. The molecular formula is C11H7F3O4. The van der Waals surface area contributed by atoms with Crippen molar-refractivity contribution in [1.82, 2.24) is 0 Å². The zero-order valence-electron chi connectivity index (χ0n) is 8.73. The van der Waals surface area contributed by atoms with Crippen molar-refractivity contribution in [2.24, 2.45) is 0 Å². The molecule has 0 bridgehead atoms. The van der Waals surface area contributed by atoms with Crippen LogP contribution in [0.5, 0.6) is 0 Å². The van der Waals surface area contributed by atoms with Crippen LogP contribution < -0.4 is 0 Å². The van der Waals surface area contributed by atoms with Crippen molar-refractivity contribution >= 4 is 17.5 Å². The summed E-state index contributed by atoms with van der Waals surface area (Å²) in [6.07, 6.45) is -4.08. The molecule has 18 heavy (non-hydrogen) atoms. The number of carboxylic acid groups (broad SMARTS) is 1. The third-order valence-corrected chi connectivity index (χ3v) is 1.99. The molecule has 0 saturated heterocycles. The van der Waals surface area contributed by atoms with E-state index in [0.29, 0.717) is 18.2 Å². The van der Waals surface area contributed by atoms with Gasteiger partial charge in [0.2, 0.25) is 0 Å². The largest absolute Gasteiger partial charge is 0.507 e. The quantitative estimate of drug-likeness (QED) is 0.496. The molecule has 0 spiro atoms. The van der Waals surface area contributed by atoms with Crippen LogP contribution in [0.1, 0.15) is 11.1 Å². The summed E-state index contributed by atoms with van der Waals surface area (Å²) in [6.45, 7) is 0. The van der Waals surface area contributed by atoms with Gasteiger partial charge in [0, 0.05) is 11.6 Å². The van der Waals surface area contributed by atoms with E-state index in [-0.39, 0.29) is 5.56 Å². The second kappa shape index (κ2) is 4.91. The highest BCUT2D eigenvalue weighted by molar-refractivity contribution is 6.38. The van der Waals surface area contributed by atoms with Gasteiger partial charge in [-0.1, -0.05) is 12.1 Å². The fourth-order valence-corrected chi connectivity index (χ4v) is 1.10. The molecule has 0 aromatic heterocycles. The highest BCUT2D eigenvalue weighted by Gasteiger charge is 2.30. The van der Waals surface area contributed by atoms with E-state index >= 15 is 0 Å². The molecule has 0 radical (unpaired) electrons. The lowest BCUT2D eigenvalue weighted by Crippen LogP contribution is -2.09. The fourth-order valence-electron chi connectivity index (χ4n) is 1.10. The molecule has 4 nitrogen and oxygen atoms in total. The average molecular weight is 260 g/mol. The SMILES string of the molecule is O=C(O)C(=O)C=C(O)c1ccc(C(F)(F)F)cc1. The number of hydrogen-bond acceptors (Lipinski definition) is 3. The maximum atomic E-state index is 12.2. The zero-order chi connectivity index (χ0) is 13.9. The number of carboxylic acids is 1. The molecule has 7 heteroatoms. The summed E-state index contributed by atoms with van der Waals surface area (Å²) < 4.78 is 36.7. The molecule has 0 saturated carbocycles. The fraction of sp³-hybridized carbons (Fsp3) is 0.0909. The molecular weight excluding hydrogens is 253 g/mol. The van der Waals surface area contributed by atoms with E-state index in [1.165, 1.54) is 0 Å². The number of aliphatic carboxylic acids is 1. The van der Waals surface area contributed by atoms with E-state index in [0.717, 1.165) is 12.1 Å². The number of rotatable bonds is 3. The molecule has 0 unspecified atom stereocenters. The van der Waals surface area contributed by atoms with Crippen LogP contribution in [0, 0.1) is 0 Å². The monoisotopic (exact) mass is 260 g/mol. The minimum absolute atomic E-state index is 0.0856. The highest BCUT2D eigenvalue weighted by atomic mass is 19.4. The molecule has 0 heterocycles. The standard InChI is InChI=1S/C11H7F3O4/c12-11(13,14)7-3-1-6(2-4-7)8(15)5-9(16)10(17)18/h1-5,15H,(H,17,18). The summed E-state index contributed by atoms with van der Waals surface area (Å²) in [5, 5.41) is 17.6. The Bertz CT molecular complexity index is 500. The summed E-state index contributed by atoms with van der Waals surface area (Å²) >= 11 is 0. The van der Waals surface area contributed by atoms with Crippen molar-refractivity contribution in [1.29, 1.82) is 0 Å². The molecule has 0 fully saturated rings. The second-order valence-corrected chi connectivity index (χ2v) is 3.27. The van der Waals surface area contributed by atoms with E-state index in [2.05, 4.69) is 0 Å². The van der Waals surface area contributed by atoms with Crippen LogP contribution >= 0.6 is 0 Å². The molecule has 0 atom stereocenters. The average Bonchev–Trinajstić information content (AvgIpc) is 2.27. The molecule has 0 amide bonds. The third-order valence-electron chi connectivity index (χ3n) is 1.99. The Kier molecular flexibility index (Phi) is 3.75. The number of ketones is 1. The summed E-state index contributed by atoms with van der Waals surface area (Å²) in [5.74, 6) is -3.85. The van der Waals surface area contributed by atoms with Crippen molar-refractivity contribution in [3.05, 3.63) is 41.5 Å². The Morgan fingerprint density at radius 1 is 1.06 bits per heavy atom. The molecule has 96 valence electrons. The summed E-state index contributed by atoms with van der Waals surface area (Å²) in [6, 6.07) is 3.29. The van der Waals surface area contributed by atoms with Crippen molar-refractivity contribution < 1.29 is 33.0 Å².